The minimum atomic E-state index is 0. The second kappa shape index (κ2) is 16.7. The van der Waals surface area contributed by atoms with E-state index in [1.54, 1.807) is 0 Å². The van der Waals surface area contributed by atoms with Gasteiger partial charge in [-0.25, -0.2) is 0 Å². The van der Waals surface area contributed by atoms with Crippen LogP contribution in [0.15, 0.2) is 166 Å². The van der Waals surface area contributed by atoms with E-state index in [1.807, 2.05) is 128 Å². The van der Waals surface area contributed by atoms with Gasteiger partial charge in [-0.15, -0.1) is 11.4 Å². The SMILES string of the molecule is C1=C/C(=C/Nc2ccccc2)N=C1CN(CC1=N/C(=C\Nc2ccccc2)C=C1)Cc1ccc(C=Nc2ccccc2)[n-]1.[Fe+3].[OH-]. The maximum absolute atomic E-state index is 4.85. The van der Waals surface area contributed by atoms with Gasteiger partial charge >= 0.3 is 17.1 Å². The number of anilines is 2. The van der Waals surface area contributed by atoms with Gasteiger partial charge in [0.1, 0.15) is 0 Å². The van der Waals surface area contributed by atoms with Gasteiger partial charge < -0.3 is 21.1 Å². The molecule has 2 aliphatic heterocycles. The monoisotopic (exact) mass is 635 g/mol. The Kier molecular flexibility index (Phi) is 12.2. The van der Waals surface area contributed by atoms with Crippen LogP contribution in [-0.4, -0.2) is 41.1 Å². The zero-order valence-corrected chi connectivity index (χ0v) is 25.6. The van der Waals surface area contributed by atoms with Crippen molar-refractivity contribution in [3.63, 3.8) is 0 Å². The average molecular weight is 636 g/mol. The molecule has 2 aliphatic rings. The first-order valence-corrected chi connectivity index (χ1v) is 14.2. The van der Waals surface area contributed by atoms with Gasteiger partial charge in [-0.05, 0) is 60.7 Å². The number of aliphatic imine (C=N–C) groups is 3. The molecule has 3 heterocycles. The van der Waals surface area contributed by atoms with Crippen LogP contribution >= 0.6 is 0 Å². The van der Waals surface area contributed by atoms with Gasteiger partial charge in [-0.2, -0.15) is 0 Å². The molecule has 3 aromatic carbocycles. The average Bonchev–Trinajstić information content (AvgIpc) is 3.81. The van der Waals surface area contributed by atoms with E-state index in [9.17, 15) is 0 Å². The molecule has 0 aliphatic carbocycles. The predicted octanol–water partition coefficient (Wildman–Crippen LogP) is 6.95. The summed E-state index contributed by atoms with van der Waals surface area (Å²) in [6.07, 6.45) is 13.9. The van der Waals surface area contributed by atoms with Crippen molar-refractivity contribution in [2.24, 2.45) is 15.0 Å². The molecule has 8 nitrogen and oxygen atoms in total. The summed E-state index contributed by atoms with van der Waals surface area (Å²) in [6, 6.07) is 34.1. The van der Waals surface area contributed by atoms with Crippen molar-refractivity contribution in [3.8, 4) is 0 Å². The number of nitrogens with one attached hydrogen (secondary N) is 2. The predicted molar refractivity (Wildman–Crippen MR) is 180 cm³/mol. The number of hydrogen-bond donors (Lipinski definition) is 2. The van der Waals surface area contributed by atoms with E-state index in [0.717, 1.165) is 51.3 Å². The molecule has 3 N–H and O–H groups in total. The van der Waals surface area contributed by atoms with E-state index in [4.69, 9.17) is 15.0 Å². The summed E-state index contributed by atoms with van der Waals surface area (Å²) in [5.74, 6) is 0. The molecule has 0 saturated heterocycles. The van der Waals surface area contributed by atoms with Crippen molar-refractivity contribution in [1.82, 2.24) is 9.88 Å². The van der Waals surface area contributed by atoms with Gasteiger partial charge in [0.05, 0.1) is 28.5 Å². The standard InChI is InChI=1S/C36H32N7.Fe.H2O/c1-4-10-28(11-5-1)37-22-31-16-19-34(40-31)25-43(26-35-20-17-32(41-35)23-38-29-12-6-2-7-13-29)27-36-21-18-33(42-36)24-39-30-14-8-3-9-15-30;;/h1-24,37-38H,25-27H2;;1H2/q-1;+3;/p-1/b31-22-,32-23-,39-24?;;. The Labute approximate surface area is 274 Å². The molecule has 0 spiro atoms. The van der Waals surface area contributed by atoms with Gasteiger partial charge in [0.2, 0.25) is 0 Å². The third-order valence-corrected chi connectivity index (χ3v) is 6.74. The molecule has 9 heteroatoms. The van der Waals surface area contributed by atoms with Crippen LogP contribution in [0.4, 0.5) is 17.1 Å². The zero-order valence-electron chi connectivity index (χ0n) is 24.5. The fourth-order valence-electron chi connectivity index (χ4n) is 4.66. The number of aromatic nitrogens is 1. The minimum absolute atomic E-state index is 0. The molecular formula is C36H33FeN7O+. The van der Waals surface area contributed by atoms with E-state index in [-0.39, 0.29) is 22.5 Å². The quantitative estimate of drug-likeness (QED) is 0.130. The van der Waals surface area contributed by atoms with Crippen LogP contribution in [-0.2, 0) is 23.6 Å². The van der Waals surface area contributed by atoms with Crippen molar-refractivity contribution in [3.05, 3.63) is 163 Å². The number of nitrogens with zero attached hydrogens (tertiary/aromatic N) is 5. The normalized spacial score (nSPS) is 15.3. The summed E-state index contributed by atoms with van der Waals surface area (Å²) in [6.45, 7) is 1.98. The molecule has 225 valence electrons. The number of benzene rings is 3. The molecule has 0 fully saturated rings. The second-order valence-corrected chi connectivity index (χ2v) is 10.1. The number of hydrogen-bond acceptors (Lipinski definition) is 7. The van der Waals surface area contributed by atoms with Crippen molar-refractivity contribution in [2.75, 3.05) is 23.7 Å². The summed E-state index contributed by atoms with van der Waals surface area (Å²) in [5, 5.41) is 6.63. The molecule has 0 atom stereocenters. The zero-order chi connectivity index (χ0) is 29.1. The molecular weight excluding hydrogens is 602 g/mol. The number of rotatable bonds is 12. The van der Waals surface area contributed by atoms with Gasteiger partial charge in [0.15, 0.2) is 0 Å². The van der Waals surface area contributed by atoms with Gasteiger partial charge in [0.25, 0.3) is 0 Å². The maximum atomic E-state index is 4.85. The molecule has 6 rings (SSSR count). The first kappa shape index (κ1) is 32.9. The van der Waals surface area contributed by atoms with E-state index < -0.39 is 0 Å². The Morgan fingerprint density at radius 1 is 0.622 bits per heavy atom. The smallest absolute Gasteiger partial charge is 0.870 e. The van der Waals surface area contributed by atoms with Crippen LogP contribution in [0, 0.1) is 0 Å². The Bertz CT molecular complexity index is 1650. The Morgan fingerprint density at radius 2 is 1.13 bits per heavy atom. The number of para-hydroxylation sites is 3. The fraction of sp³-hybridized carbons (Fsp3) is 0.0833. The summed E-state index contributed by atoms with van der Waals surface area (Å²) >= 11 is 0. The number of allylic oxidation sites excluding steroid dienone is 2. The Morgan fingerprint density at radius 3 is 1.67 bits per heavy atom. The summed E-state index contributed by atoms with van der Waals surface area (Å²) in [5.41, 5.74) is 8.53. The molecule has 0 bridgehead atoms. The first-order chi connectivity index (χ1) is 21.2. The maximum Gasteiger partial charge on any atom is 3.00 e. The summed E-state index contributed by atoms with van der Waals surface area (Å²) in [7, 11) is 0. The first-order valence-electron chi connectivity index (χ1n) is 14.2. The molecule has 1 aromatic heterocycles. The van der Waals surface area contributed by atoms with Crippen molar-refractivity contribution < 1.29 is 22.5 Å². The topological polar surface area (TPSA) is 108 Å². The van der Waals surface area contributed by atoms with Crippen molar-refractivity contribution >= 4 is 34.7 Å². The second-order valence-electron chi connectivity index (χ2n) is 10.1. The molecule has 1 radical (unpaired) electrons. The van der Waals surface area contributed by atoms with E-state index in [0.29, 0.717) is 19.6 Å². The molecule has 0 unspecified atom stereocenters. The summed E-state index contributed by atoms with van der Waals surface area (Å²) < 4.78 is 0. The van der Waals surface area contributed by atoms with Crippen LogP contribution < -0.4 is 15.6 Å². The van der Waals surface area contributed by atoms with Gasteiger partial charge in [-0.3, -0.25) is 19.9 Å². The van der Waals surface area contributed by atoms with Crippen LogP contribution in [0.1, 0.15) is 11.4 Å². The Hall–Kier alpha value is -5.05. The van der Waals surface area contributed by atoms with E-state index in [2.05, 4.69) is 38.7 Å². The Balaban J connectivity index is 0.00000230. The van der Waals surface area contributed by atoms with Crippen LogP contribution in [0.2, 0.25) is 0 Å². The third-order valence-electron chi connectivity index (χ3n) is 6.74. The summed E-state index contributed by atoms with van der Waals surface area (Å²) in [4.78, 5) is 21.4. The van der Waals surface area contributed by atoms with Crippen LogP contribution in [0.5, 0.6) is 0 Å². The minimum Gasteiger partial charge on any atom is -0.870 e. The molecule has 45 heavy (non-hydrogen) atoms. The van der Waals surface area contributed by atoms with Crippen molar-refractivity contribution in [1.29, 1.82) is 0 Å². The van der Waals surface area contributed by atoms with Gasteiger partial charge in [0, 0.05) is 49.6 Å². The molecule has 0 amide bonds. The van der Waals surface area contributed by atoms with Crippen molar-refractivity contribution in [2.45, 2.75) is 6.54 Å². The molecule has 0 saturated carbocycles. The van der Waals surface area contributed by atoms with Crippen LogP contribution in [0.25, 0.3) is 0 Å². The third kappa shape index (κ3) is 9.99. The van der Waals surface area contributed by atoms with Crippen LogP contribution in [0.3, 0.4) is 0 Å². The van der Waals surface area contributed by atoms with Gasteiger partial charge in [-0.1, -0.05) is 66.7 Å². The fourth-order valence-corrected chi connectivity index (χ4v) is 4.66. The largest absolute Gasteiger partial charge is 3.00 e. The van der Waals surface area contributed by atoms with E-state index >= 15 is 0 Å². The van der Waals surface area contributed by atoms with E-state index in [1.165, 1.54) is 0 Å². The molecule has 4 aromatic rings.